The lowest BCUT2D eigenvalue weighted by Crippen LogP contribution is -1.97. The highest BCUT2D eigenvalue weighted by Gasteiger charge is 2.14. The van der Waals surface area contributed by atoms with Crippen molar-refractivity contribution in [3.8, 4) is 6.07 Å². The molecule has 1 heterocycles. The fourth-order valence-electron chi connectivity index (χ4n) is 1.60. The van der Waals surface area contributed by atoms with Crippen LogP contribution in [0.2, 0.25) is 0 Å². The molecule has 0 fully saturated rings. The van der Waals surface area contributed by atoms with Crippen LogP contribution in [0.4, 0.5) is 5.69 Å². The third-order valence-electron chi connectivity index (χ3n) is 2.20. The van der Waals surface area contributed by atoms with E-state index in [1.807, 2.05) is 6.07 Å². The van der Waals surface area contributed by atoms with Crippen molar-refractivity contribution in [2.75, 3.05) is 0 Å². The molecule has 0 spiro atoms. The van der Waals surface area contributed by atoms with Crippen LogP contribution in [-0.2, 0) is 6.54 Å². The molecule has 0 unspecified atom stereocenters. The summed E-state index contributed by atoms with van der Waals surface area (Å²) in [7, 11) is 0. The Morgan fingerprint density at radius 3 is 2.93 bits per heavy atom. The van der Waals surface area contributed by atoms with Crippen molar-refractivity contribution in [3.63, 3.8) is 0 Å². The number of nitro groups is 1. The van der Waals surface area contributed by atoms with Gasteiger partial charge in [-0.15, -0.1) is 0 Å². The van der Waals surface area contributed by atoms with Crippen molar-refractivity contribution in [2.24, 2.45) is 0 Å². The molecule has 15 heavy (non-hydrogen) atoms. The van der Waals surface area contributed by atoms with Crippen LogP contribution in [0.1, 0.15) is 0 Å². The Morgan fingerprint density at radius 2 is 2.27 bits per heavy atom. The Balaban J connectivity index is 2.76. The van der Waals surface area contributed by atoms with Crippen molar-refractivity contribution in [1.29, 1.82) is 5.26 Å². The van der Waals surface area contributed by atoms with E-state index in [9.17, 15) is 10.1 Å². The lowest BCUT2D eigenvalue weighted by atomic mass is 10.2. The van der Waals surface area contributed by atoms with Gasteiger partial charge in [0.15, 0.2) is 0 Å². The molecule has 2 aromatic rings. The van der Waals surface area contributed by atoms with Gasteiger partial charge in [-0.25, -0.2) is 0 Å². The number of fused-ring (bicyclic) bond motifs is 1. The highest BCUT2D eigenvalue weighted by atomic mass is 16.6. The van der Waals surface area contributed by atoms with Crippen LogP contribution < -0.4 is 0 Å². The van der Waals surface area contributed by atoms with Gasteiger partial charge in [-0.3, -0.25) is 10.1 Å². The average Bonchev–Trinajstić information content (AvgIpc) is 2.62. The van der Waals surface area contributed by atoms with E-state index in [0.29, 0.717) is 5.52 Å². The largest absolute Gasteiger partial charge is 0.328 e. The molecule has 5 nitrogen and oxygen atoms in total. The molecule has 5 heteroatoms. The molecule has 0 aliphatic rings. The summed E-state index contributed by atoms with van der Waals surface area (Å²) in [5.74, 6) is 0. The number of nitriles is 1. The molecule has 0 atom stereocenters. The smallest absolute Gasteiger partial charge is 0.293 e. The Bertz CT molecular complexity index is 566. The van der Waals surface area contributed by atoms with Gasteiger partial charge in [0.05, 0.1) is 11.0 Å². The van der Waals surface area contributed by atoms with Crippen LogP contribution in [0, 0.1) is 21.4 Å². The first-order chi connectivity index (χ1) is 7.24. The minimum Gasteiger partial charge on any atom is -0.328 e. The van der Waals surface area contributed by atoms with E-state index in [4.69, 9.17) is 5.26 Å². The molecular formula is C10H7N3O2. The summed E-state index contributed by atoms with van der Waals surface area (Å²) < 4.78 is 1.58. The highest BCUT2D eigenvalue weighted by Crippen LogP contribution is 2.25. The van der Waals surface area contributed by atoms with Crippen molar-refractivity contribution >= 4 is 16.6 Å². The topological polar surface area (TPSA) is 71.9 Å². The average molecular weight is 201 g/mol. The SMILES string of the molecule is N#CCn1ccc2cccc([N+](=O)[O-])c21. The summed E-state index contributed by atoms with van der Waals surface area (Å²) in [5, 5.41) is 20.1. The summed E-state index contributed by atoms with van der Waals surface area (Å²) in [6.45, 7) is 0.119. The number of nitrogens with zero attached hydrogens (tertiary/aromatic N) is 3. The van der Waals surface area contributed by atoms with Gasteiger partial charge in [0.1, 0.15) is 12.1 Å². The zero-order valence-corrected chi connectivity index (χ0v) is 7.75. The molecule has 0 N–H and O–H groups in total. The van der Waals surface area contributed by atoms with Crippen LogP contribution in [0.15, 0.2) is 30.5 Å². The summed E-state index contributed by atoms with van der Waals surface area (Å²) in [4.78, 5) is 10.3. The van der Waals surface area contributed by atoms with Crippen molar-refractivity contribution in [2.45, 2.75) is 6.54 Å². The van der Waals surface area contributed by atoms with Crippen LogP contribution in [0.5, 0.6) is 0 Å². The number of hydrogen-bond donors (Lipinski definition) is 0. The molecule has 1 aromatic carbocycles. The molecule has 0 saturated heterocycles. The molecule has 0 amide bonds. The van der Waals surface area contributed by atoms with E-state index in [1.165, 1.54) is 6.07 Å². The Kier molecular flexibility index (Phi) is 2.10. The van der Waals surface area contributed by atoms with Gasteiger partial charge in [0.2, 0.25) is 0 Å². The van der Waals surface area contributed by atoms with Crippen LogP contribution >= 0.6 is 0 Å². The quantitative estimate of drug-likeness (QED) is 0.551. The molecule has 1 aromatic heterocycles. The van der Waals surface area contributed by atoms with E-state index in [2.05, 4.69) is 0 Å². The predicted octanol–water partition coefficient (Wildman–Crippen LogP) is 2.07. The third kappa shape index (κ3) is 1.42. The number of nitro benzene ring substituents is 1. The van der Waals surface area contributed by atoms with Gasteiger partial charge >= 0.3 is 0 Å². The number of benzene rings is 1. The van der Waals surface area contributed by atoms with Crippen LogP contribution in [0.3, 0.4) is 0 Å². The first kappa shape index (κ1) is 9.21. The molecule has 2 rings (SSSR count). The summed E-state index contributed by atoms with van der Waals surface area (Å²) in [6.07, 6.45) is 1.68. The first-order valence-electron chi connectivity index (χ1n) is 4.33. The third-order valence-corrected chi connectivity index (χ3v) is 2.20. The normalized spacial score (nSPS) is 10.1. The molecule has 0 bridgehead atoms. The van der Waals surface area contributed by atoms with Gasteiger partial charge in [-0.05, 0) is 6.07 Å². The van der Waals surface area contributed by atoms with Crippen LogP contribution in [0.25, 0.3) is 10.9 Å². The van der Waals surface area contributed by atoms with Crippen molar-refractivity contribution in [3.05, 3.63) is 40.6 Å². The Labute approximate surface area is 85.3 Å². The summed E-state index contributed by atoms with van der Waals surface area (Å²) >= 11 is 0. The van der Waals surface area contributed by atoms with Crippen molar-refractivity contribution < 1.29 is 4.92 Å². The van der Waals surface area contributed by atoms with Crippen LogP contribution in [-0.4, -0.2) is 9.49 Å². The molecule has 0 saturated carbocycles. The fraction of sp³-hybridized carbons (Fsp3) is 0.100. The molecular weight excluding hydrogens is 194 g/mol. The van der Waals surface area contributed by atoms with Crippen molar-refractivity contribution in [1.82, 2.24) is 4.57 Å². The number of rotatable bonds is 2. The second kappa shape index (κ2) is 3.42. The fourth-order valence-corrected chi connectivity index (χ4v) is 1.60. The Morgan fingerprint density at radius 1 is 1.47 bits per heavy atom. The molecule has 0 aliphatic carbocycles. The zero-order chi connectivity index (χ0) is 10.8. The second-order valence-electron chi connectivity index (χ2n) is 3.07. The lowest BCUT2D eigenvalue weighted by Gasteiger charge is -1.99. The van der Waals surface area contributed by atoms with E-state index < -0.39 is 4.92 Å². The zero-order valence-electron chi connectivity index (χ0n) is 7.75. The molecule has 0 aliphatic heterocycles. The monoisotopic (exact) mass is 201 g/mol. The number of para-hydroxylation sites is 1. The van der Waals surface area contributed by atoms with E-state index in [1.54, 1.807) is 29.0 Å². The summed E-state index contributed by atoms with van der Waals surface area (Å²) in [6, 6.07) is 8.60. The van der Waals surface area contributed by atoms with Gasteiger partial charge < -0.3 is 4.57 Å². The van der Waals surface area contributed by atoms with Gasteiger partial charge in [-0.2, -0.15) is 5.26 Å². The van der Waals surface area contributed by atoms with Gasteiger partial charge in [0, 0.05) is 17.6 Å². The minimum absolute atomic E-state index is 0.0350. The maximum absolute atomic E-state index is 10.8. The number of hydrogen-bond acceptors (Lipinski definition) is 3. The van der Waals surface area contributed by atoms with Gasteiger partial charge in [0.25, 0.3) is 5.69 Å². The van der Waals surface area contributed by atoms with E-state index in [0.717, 1.165) is 5.39 Å². The van der Waals surface area contributed by atoms with Gasteiger partial charge in [-0.1, -0.05) is 12.1 Å². The maximum atomic E-state index is 10.8. The number of aromatic nitrogens is 1. The number of non-ortho nitro benzene ring substituents is 1. The lowest BCUT2D eigenvalue weighted by molar-refractivity contribution is -0.383. The predicted molar refractivity (Wildman–Crippen MR) is 54.2 cm³/mol. The molecule has 74 valence electrons. The standard InChI is InChI=1S/C10H7N3O2/c11-5-7-12-6-4-8-2-1-3-9(10(8)12)13(14)15/h1-4,6H,7H2. The van der Waals surface area contributed by atoms with E-state index in [-0.39, 0.29) is 12.2 Å². The van der Waals surface area contributed by atoms with E-state index >= 15 is 0 Å². The second-order valence-corrected chi connectivity index (χ2v) is 3.07. The highest BCUT2D eigenvalue weighted by molar-refractivity contribution is 5.88. The maximum Gasteiger partial charge on any atom is 0.293 e. The Hall–Kier alpha value is -2.35. The summed E-state index contributed by atoms with van der Waals surface area (Å²) in [5.41, 5.74) is 0.539. The minimum atomic E-state index is -0.434. The molecule has 0 radical (unpaired) electrons. The first-order valence-corrected chi connectivity index (χ1v) is 4.33.